The smallest absolute Gasteiger partial charge is 0.416 e. The molecule has 0 radical (unpaired) electrons. The van der Waals surface area contributed by atoms with Gasteiger partial charge < -0.3 is 4.55 Å². The van der Waals surface area contributed by atoms with E-state index >= 15 is 0 Å². The van der Waals surface area contributed by atoms with E-state index in [-0.39, 0.29) is 11.1 Å². The molecule has 2 unspecified atom stereocenters. The lowest BCUT2D eigenvalue weighted by molar-refractivity contribution is -0.137. The molecule has 0 bridgehead atoms. The third kappa shape index (κ3) is 4.92. The minimum atomic E-state index is -4.52. The van der Waals surface area contributed by atoms with Crippen molar-refractivity contribution in [1.82, 2.24) is 4.72 Å². The van der Waals surface area contributed by atoms with Gasteiger partial charge in [-0.3, -0.25) is 0 Å². The molecule has 0 fully saturated rings. The molecule has 2 atom stereocenters. The van der Waals surface area contributed by atoms with Gasteiger partial charge in [-0.2, -0.15) is 18.4 Å². The number of nitrogens with one attached hydrogen (secondary N) is 1. The predicted molar refractivity (Wildman–Crippen MR) is 75.6 cm³/mol. The zero-order chi connectivity index (χ0) is 16.4. The van der Waals surface area contributed by atoms with E-state index in [0.717, 1.165) is 12.1 Å². The van der Waals surface area contributed by atoms with E-state index in [1.165, 1.54) is 6.07 Å². The number of hydrogen-bond acceptors (Lipinski definition) is 3. The minimum Gasteiger partial charge on any atom is -0.598 e. The van der Waals surface area contributed by atoms with Crippen LogP contribution in [0, 0.1) is 11.3 Å². The van der Waals surface area contributed by atoms with Crippen LogP contribution in [0.25, 0.3) is 0 Å². The molecule has 0 amide bonds. The van der Waals surface area contributed by atoms with Gasteiger partial charge in [0.05, 0.1) is 23.2 Å². The average Bonchev–Trinajstić information content (AvgIpc) is 2.35. The average molecular weight is 318 g/mol. The van der Waals surface area contributed by atoms with Gasteiger partial charge in [0.1, 0.15) is 4.75 Å². The maximum absolute atomic E-state index is 12.8. The molecule has 0 saturated heterocycles. The first kappa shape index (κ1) is 17.8. The highest BCUT2D eigenvalue weighted by atomic mass is 32.2. The highest BCUT2D eigenvalue weighted by Crippen LogP contribution is 2.32. The predicted octanol–water partition coefficient (Wildman–Crippen LogP) is 3.69. The van der Waals surface area contributed by atoms with Crippen molar-refractivity contribution in [2.75, 3.05) is 0 Å². The van der Waals surface area contributed by atoms with Crippen molar-refractivity contribution in [2.45, 2.75) is 44.7 Å². The first-order valence-corrected chi connectivity index (χ1v) is 7.40. The van der Waals surface area contributed by atoms with Gasteiger partial charge in [-0.25, -0.2) is 0 Å². The van der Waals surface area contributed by atoms with E-state index in [9.17, 15) is 17.7 Å². The number of hydrogen-bond donors (Lipinski definition) is 1. The summed E-state index contributed by atoms with van der Waals surface area (Å²) in [6.45, 7) is 6.89. The van der Waals surface area contributed by atoms with Gasteiger partial charge in [-0.05, 0) is 51.5 Å². The second kappa shape index (κ2) is 6.26. The Morgan fingerprint density at radius 2 is 1.81 bits per heavy atom. The van der Waals surface area contributed by atoms with Crippen LogP contribution in [0.2, 0.25) is 0 Å². The van der Waals surface area contributed by atoms with E-state index in [2.05, 4.69) is 4.72 Å². The van der Waals surface area contributed by atoms with E-state index in [4.69, 9.17) is 5.26 Å². The fraction of sp³-hybridized carbons (Fsp3) is 0.500. The van der Waals surface area contributed by atoms with Crippen molar-refractivity contribution in [2.24, 2.45) is 0 Å². The summed E-state index contributed by atoms with van der Waals surface area (Å²) < 4.78 is 52.7. The zero-order valence-corrected chi connectivity index (χ0v) is 13.0. The summed E-state index contributed by atoms with van der Waals surface area (Å²) in [6.07, 6.45) is -4.52. The lowest BCUT2D eigenvalue weighted by Crippen LogP contribution is -2.40. The normalized spacial score (nSPS) is 15.4. The molecule has 0 aromatic heterocycles. The van der Waals surface area contributed by atoms with Crippen LogP contribution in [-0.2, 0) is 17.5 Å². The lowest BCUT2D eigenvalue weighted by Gasteiger charge is -2.26. The molecule has 116 valence electrons. The maximum atomic E-state index is 12.8. The highest BCUT2D eigenvalue weighted by molar-refractivity contribution is 7.90. The van der Waals surface area contributed by atoms with Crippen LogP contribution in [0.15, 0.2) is 18.2 Å². The van der Waals surface area contributed by atoms with Gasteiger partial charge in [-0.1, -0.05) is 0 Å². The first-order chi connectivity index (χ1) is 9.45. The molecule has 3 nitrogen and oxygen atoms in total. The molecule has 0 aliphatic heterocycles. The summed E-state index contributed by atoms with van der Waals surface area (Å²) >= 11 is -1.42. The van der Waals surface area contributed by atoms with E-state index in [0.29, 0.717) is 0 Å². The second-order valence-electron chi connectivity index (χ2n) is 5.67. The number of rotatable bonds is 3. The van der Waals surface area contributed by atoms with Gasteiger partial charge in [0, 0.05) is 11.4 Å². The zero-order valence-electron chi connectivity index (χ0n) is 12.2. The molecule has 0 saturated carbocycles. The first-order valence-electron chi connectivity index (χ1n) is 6.25. The second-order valence-corrected chi connectivity index (χ2v) is 7.67. The molecule has 1 aromatic rings. The Bertz CT molecular complexity index is 547. The van der Waals surface area contributed by atoms with Gasteiger partial charge >= 0.3 is 6.18 Å². The summed E-state index contributed by atoms with van der Waals surface area (Å²) in [7, 11) is 0. The number of benzene rings is 1. The summed E-state index contributed by atoms with van der Waals surface area (Å²) in [5.41, 5.74) is -0.680. The molecule has 0 spiro atoms. The Balaban J connectivity index is 3.10. The highest BCUT2D eigenvalue weighted by Gasteiger charge is 2.33. The molecular weight excluding hydrogens is 301 g/mol. The molecule has 0 aliphatic carbocycles. The number of nitrogens with zero attached hydrogens (tertiary/aromatic N) is 1. The van der Waals surface area contributed by atoms with Crippen molar-refractivity contribution in [1.29, 1.82) is 5.26 Å². The quantitative estimate of drug-likeness (QED) is 0.865. The van der Waals surface area contributed by atoms with Gasteiger partial charge in [0.2, 0.25) is 0 Å². The standard InChI is InChI=1S/C14H17F3N2OS/c1-9(19-21(20)13(2,3)4)11-5-10(8-18)6-12(7-11)14(15,16)17/h5-7,9,19H,1-4H3. The molecule has 0 heterocycles. The molecule has 1 N–H and O–H groups in total. The fourth-order valence-corrected chi connectivity index (χ4v) is 2.35. The van der Waals surface area contributed by atoms with Crippen LogP contribution in [0.3, 0.4) is 0 Å². The molecule has 1 rings (SSSR count). The largest absolute Gasteiger partial charge is 0.598 e. The van der Waals surface area contributed by atoms with E-state index in [1.54, 1.807) is 33.8 Å². The summed E-state index contributed by atoms with van der Waals surface area (Å²) in [5, 5.41) is 8.85. The Morgan fingerprint density at radius 1 is 1.24 bits per heavy atom. The van der Waals surface area contributed by atoms with E-state index in [1.807, 2.05) is 0 Å². The monoisotopic (exact) mass is 318 g/mol. The molecule has 21 heavy (non-hydrogen) atoms. The lowest BCUT2D eigenvalue weighted by atomic mass is 10.0. The van der Waals surface area contributed by atoms with Crippen molar-refractivity contribution >= 4 is 11.4 Å². The molecule has 1 aromatic carbocycles. The van der Waals surface area contributed by atoms with Crippen LogP contribution in [-0.4, -0.2) is 9.30 Å². The van der Waals surface area contributed by atoms with Crippen LogP contribution >= 0.6 is 0 Å². The summed E-state index contributed by atoms with van der Waals surface area (Å²) in [5.74, 6) is 0. The molecular formula is C14H17F3N2OS. The van der Waals surface area contributed by atoms with Gasteiger partial charge in [0.15, 0.2) is 0 Å². The third-order valence-corrected chi connectivity index (χ3v) is 4.43. The summed E-state index contributed by atoms with van der Waals surface area (Å²) in [4.78, 5) is 0. The topological polar surface area (TPSA) is 58.9 Å². The van der Waals surface area contributed by atoms with E-state index < -0.39 is 33.9 Å². The molecule has 7 heteroatoms. The maximum Gasteiger partial charge on any atom is 0.416 e. The molecule has 0 aliphatic rings. The number of halogens is 3. The van der Waals surface area contributed by atoms with Crippen LogP contribution in [0.1, 0.15) is 50.4 Å². The van der Waals surface area contributed by atoms with Crippen molar-refractivity contribution in [3.05, 3.63) is 34.9 Å². The Kier molecular flexibility index (Phi) is 5.31. The Labute approximate surface area is 125 Å². The van der Waals surface area contributed by atoms with Crippen LogP contribution in [0.5, 0.6) is 0 Å². The Hall–Kier alpha value is -1.23. The number of nitriles is 1. The third-order valence-electron chi connectivity index (χ3n) is 2.75. The summed E-state index contributed by atoms with van der Waals surface area (Å²) in [6, 6.07) is 4.29. The van der Waals surface area contributed by atoms with Crippen molar-refractivity contribution < 1.29 is 17.7 Å². The van der Waals surface area contributed by atoms with Gasteiger partial charge in [0.25, 0.3) is 0 Å². The minimum absolute atomic E-state index is 0.0741. The van der Waals surface area contributed by atoms with Crippen molar-refractivity contribution in [3.8, 4) is 6.07 Å². The fourth-order valence-electron chi connectivity index (χ4n) is 1.54. The van der Waals surface area contributed by atoms with Crippen LogP contribution < -0.4 is 4.72 Å². The Morgan fingerprint density at radius 3 is 2.24 bits per heavy atom. The van der Waals surface area contributed by atoms with Crippen molar-refractivity contribution in [3.63, 3.8) is 0 Å². The SMILES string of the molecule is CC(N[S+]([O-])C(C)(C)C)c1cc(C#N)cc(C(F)(F)F)c1. The van der Waals surface area contributed by atoms with Crippen LogP contribution in [0.4, 0.5) is 13.2 Å². The van der Waals surface area contributed by atoms with Gasteiger partial charge in [-0.15, -0.1) is 4.72 Å². The number of alkyl halides is 3.